The van der Waals surface area contributed by atoms with E-state index in [4.69, 9.17) is 11.6 Å². The zero-order valence-corrected chi connectivity index (χ0v) is 14.7. The van der Waals surface area contributed by atoms with Crippen LogP contribution < -0.4 is 5.32 Å². The fraction of sp³-hybridized carbons (Fsp3) is 0.500. The van der Waals surface area contributed by atoms with Gasteiger partial charge in [-0.25, -0.2) is 0 Å². The summed E-state index contributed by atoms with van der Waals surface area (Å²) >= 11 is 6.05. The Morgan fingerprint density at radius 2 is 2.16 bits per heavy atom. The number of likely N-dealkylation sites (N-methyl/N-ethyl adjacent to an activating group) is 1. The number of hydrogen-bond acceptors (Lipinski definition) is 3. The van der Waals surface area contributed by atoms with Gasteiger partial charge in [0.05, 0.1) is 6.54 Å². The molecule has 0 unspecified atom stereocenters. The van der Waals surface area contributed by atoms with Gasteiger partial charge in [0.15, 0.2) is 5.96 Å². The van der Waals surface area contributed by atoms with Crippen LogP contribution in [0, 0.1) is 0 Å². The standard InChI is InChI=1S/C14H20ClN3.HI/c1-14(2,11-5-4-6-12(15)9-11)10-17-13-16-7-8-18(13)3;/h4-6,9H,7-8,10H2,1-3H3,(H,16,17);1H. The van der Waals surface area contributed by atoms with Gasteiger partial charge in [0.1, 0.15) is 0 Å². The van der Waals surface area contributed by atoms with E-state index in [9.17, 15) is 0 Å². The van der Waals surface area contributed by atoms with E-state index in [0.29, 0.717) is 0 Å². The van der Waals surface area contributed by atoms with E-state index in [1.807, 2.05) is 18.2 Å². The Morgan fingerprint density at radius 3 is 2.74 bits per heavy atom. The third-order valence-corrected chi connectivity index (χ3v) is 3.59. The van der Waals surface area contributed by atoms with Crippen molar-refractivity contribution in [1.82, 2.24) is 10.2 Å². The van der Waals surface area contributed by atoms with Crippen LogP contribution in [0.3, 0.4) is 0 Å². The molecule has 19 heavy (non-hydrogen) atoms. The number of aliphatic imine (C=N–C) groups is 1. The Balaban J connectivity index is 0.00000180. The predicted octanol–water partition coefficient (Wildman–Crippen LogP) is 3.13. The van der Waals surface area contributed by atoms with Crippen LogP contribution >= 0.6 is 35.6 Å². The monoisotopic (exact) mass is 393 g/mol. The van der Waals surface area contributed by atoms with E-state index in [1.54, 1.807) is 0 Å². The lowest BCUT2D eigenvalue weighted by Crippen LogP contribution is -2.42. The van der Waals surface area contributed by atoms with E-state index in [2.05, 4.69) is 42.2 Å². The van der Waals surface area contributed by atoms with E-state index < -0.39 is 0 Å². The number of hydrogen-bond donors (Lipinski definition) is 1. The Morgan fingerprint density at radius 1 is 1.42 bits per heavy atom. The van der Waals surface area contributed by atoms with Crippen LogP contribution in [0.1, 0.15) is 19.4 Å². The molecule has 0 radical (unpaired) electrons. The summed E-state index contributed by atoms with van der Waals surface area (Å²) in [6, 6.07) is 8.05. The molecule has 0 spiro atoms. The van der Waals surface area contributed by atoms with Gasteiger partial charge in [-0.2, -0.15) is 0 Å². The molecule has 0 saturated carbocycles. The molecule has 1 aromatic rings. The van der Waals surface area contributed by atoms with Crippen LogP contribution in [0.5, 0.6) is 0 Å². The molecule has 2 rings (SSSR count). The first-order valence-corrected chi connectivity index (χ1v) is 6.62. The minimum Gasteiger partial charge on any atom is -0.355 e. The topological polar surface area (TPSA) is 27.6 Å². The summed E-state index contributed by atoms with van der Waals surface area (Å²) in [5, 5.41) is 4.21. The van der Waals surface area contributed by atoms with E-state index in [1.165, 1.54) is 5.56 Å². The normalized spacial score (nSPS) is 14.9. The summed E-state index contributed by atoms with van der Waals surface area (Å²) in [4.78, 5) is 6.58. The molecule has 1 N–H and O–H groups in total. The molecule has 0 atom stereocenters. The fourth-order valence-electron chi connectivity index (χ4n) is 2.03. The lowest BCUT2D eigenvalue weighted by atomic mass is 9.84. The van der Waals surface area contributed by atoms with Crippen molar-refractivity contribution in [2.24, 2.45) is 4.99 Å². The van der Waals surface area contributed by atoms with Gasteiger partial charge >= 0.3 is 0 Å². The average Bonchev–Trinajstić information content (AvgIpc) is 2.72. The van der Waals surface area contributed by atoms with Gasteiger partial charge in [-0.1, -0.05) is 37.6 Å². The maximum Gasteiger partial charge on any atom is 0.193 e. The van der Waals surface area contributed by atoms with Crippen LogP contribution in [-0.2, 0) is 5.41 Å². The van der Waals surface area contributed by atoms with Crippen LogP contribution in [0.15, 0.2) is 29.3 Å². The van der Waals surface area contributed by atoms with Crippen molar-refractivity contribution in [2.75, 3.05) is 26.7 Å². The van der Waals surface area contributed by atoms with Crippen molar-refractivity contribution >= 4 is 41.5 Å². The first-order valence-electron chi connectivity index (χ1n) is 6.24. The molecule has 0 fully saturated rings. The van der Waals surface area contributed by atoms with Crippen molar-refractivity contribution in [3.63, 3.8) is 0 Å². The van der Waals surface area contributed by atoms with Crippen molar-refractivity contribution in [3.05, 3.63) is 34.9 Å². The van der Waals surface area contributed by atoms with Gasteiger partial charge < -0.3 is 10.2 Å². The molecular weight excluding hydrogens is 373 g/mol. The Hall–Kier alpha value is -0.490. The summed E-state index contributed by atoms with van der Waals surface area (Å²) in [6.07, 6.45) is 0. The summed E-state index contributed by atoms with van der Waals surface area (Å²) < 4.78 is 0. The fourth-order valence-corrected chi connectivity index (χ4v) is 2.23. The van der Waals surface area contributed by atoms with Crippen LogP contribution in [0.2, 0.25) is 5.02 Å². The Bertz CT molecular complexity index is 460. The number of nitrogens with zero attached hydrogens (tertiary/aromatic N) is 2. The van der Waals surface area contributed by atoms with Crippen molar-refractivity contribution in [3.8, 4) is 0 Å². The van der Waals surface area contributed by atoms with Gasteiger partial charge in [-0.15, -0.1) is 24.0 Å². The molecule has 1 aliphatic rings. The minimum absolute atomic E-state index is 0. The zero-order valence-electron chi connectivity index (χ0n) is 11.6. The molecule has 5 heteroatoms. The highest BCUT2D eigenvalue weighted by molar-refractivity contribution is 14.0. The van der Waals surface area contributed by atoms with Crippen LogP contribution in [-0.4, -0.2) is 37.5 Å². The maximum atomic E-state index is 6.05. The lowest BCUT2D eigenvalue weighted by Gasteiger charge is -2.27. The molecule has 0 aliphatic carbocycles. The zero-order chi connectivity index (χ0) is 13.2. The first kappa shape index (κ1) is 16.6. The second-order valence-corrected chi connectivity index (χ2v) is 5.81. The lowest BCUT2D eigenvalue weighted by molar-refractivity contribution is 0.481. The maximum absolute atomic E-state index is 6.05. The van der Waals surface area contributed by atoms with E-state index >= 15 is 0 Å². The summed E-state index contributed by atoms with van der Waals surface area (Å²) in [6.45, 7) is 7.15. The van der Waals surface area contributed by atoms with Gasteiger partial charge in [0.2, 0.25) is 0 Å². The van der Waals surface area contributed by atoms with E-state index in [-0.39, 0.29) is 29.4 Å². The molecule has 106 valence electrons. The quantitative estimate of drug-likeness (QED) is 0.799. The molecule has 1 heterocycles. The molecule has 0 aromatic heterocycles. The number of benzene rings is 1. The summed E-state index contributed by atoms with van der Waals surface area (Å²) in [5.41, 5.74) is 1.26. The highest BCUT2D eigenvalue weighted by Gasteiger charge is 2.22. The number of rotatable bonds is 3. The SMILES string of the molecule is CN1CCN=C1NCC(C)(C)c1cccc(Cl)c1.I. The third kappa shape index (κ3) is 4.24. The Kier molecular flexibility index (Phi) is 5.92. The largest absolute Gasteiger partial charge is 0.355 e. The second kappa shape index (κ2) is 6.79. The molecule has 3 nitrogen and oxygen atoms in total. The van der Waals surface area contributed by atoms with Crippen LogP contribution in [0.25, 0.3) is 0 Å². The molecule has 1 aliphatic heterocycles. The number of guanidine groups is 1. The smallest absolute Gasteiger partial charge is 0.193 e. The average molecular weight is 394 g/mol. The summed E-state index contributed by atoms with van der Waals surface area (Å²) in [5.74, 6) is 0.991. The molecule has 1 aromatic carbocycles. The van der Waals surface area contributed by atoms with Crippen LogP contribution in [0.4, 0.5) is 0 Å². The molecular formula is C14H21ClIN3. The van der Waals surface area contributed by atoms with Crippen molar-refractivity contribution < 1.29 is 0 Å². The van der Waals surface area contributed by atoms with Gasteiger partial charge in [-0.05, 0) is 17.7 Å². The van der Waals surface area contributed by atoms with E-state index in [0.717, 1.165) is 30.6 Å². The molecule has 0 amide bonds. The molecule has 0 saturated heterocycles. The first-order chi connectivity index (χ1) is 8.49. The van der Waals surface area contributed by atoms with Gasteiger partial charge in [0.25, 0.3) is 0 Å². The minimum atomic E-state index is 0. The molecule has 0 bridgehead atoms. The number of halogens is 2. The van der Waals surface area contributed by atoms with Crippen molar-refractivity contribution in [1.29, 1.82) is 0 Å². The highest BCUT2D eigenvalue weighted by atomic mass is 127. The third-order valence-electron chi connectivity index (χ3n) is 3.35. The highest BCUT2D eigenvalue weighted by Crippen LogP contribution is 2.24. The Labute approximate surface area is 137 Å². The van der Waals surface area contributed by atoms with Gasteiger partial charge in [-0.3, -0.25) is 4.99 Å². The summed E-state index contributed by atoms with van der Waals surface area (Å²) in [7, 11) is 2.06. The number of nitrogens with one attached hydrogen (secondary N) is 1. The second-order valence-electron chi connectivity index (χ2n) is 5.37. The van der Waals surface area contributed by atoms with Crippen molar-refractivity contribution in [2.45, 2.75) is 19.3 Å². The van der Waals surface area contributed by atoms with Gasteiger partial charge in [0, 0.05) is 30.6 Å². The predicted molar refractivity (Wildman–Crippen MR) is 92.8 cm³/mol.